The summed E-state index contributed by atoms with van der Waals surface area (Å²) in [5.41, 5.74) is -0.452. The van der Waals surface area contributed by atoms with Gasteiger partial charge in [-0.2, -0.15) is 0 Å². The van der Waals surface area contributed by atoms with Gasteiger partial charge in [-0.3, -0.25) is 0 Å². The van der Waals surface area contributed by atoms with E-state index in [4.69, 9.17) is 14.0 Å². The zero-order valence-corrected chi connectivity index (χ0v) is 19.3. The van der Waals surface area contributed by atoms with Crippen LogP contribution in [0.25, 0.3) is 0 Å². The average molecular weight is 421 g/mol. The van der Waals surface area contributed by atoms with Gasteiger partial charge in [0.2, 0.25) is 0 Å². The number of thioether (sulfide) groups is 1. The van der Waals surface area contributed by atoms with Crippen LogP contribution in [0.3, 0.4) is 0 Å². The van der Waals surface area contributed by atoms with Gasteiger partial charge in [0.1, 0.15) is 5.60 Å². The van der Waals surface area contributed by atoms with Crippen molar-refractivity contribution in [2.75, 3.05) is 13.1 Å². The molecule has 0 N–H and O–H groups in total. The van der Waals surface area contributed by atoms with E-state index in [2.05, 4.69) is 9.97 Å². The highest BCUT2D eigenvalue weighted by Gasteiger charge is 2.52. The molecule has 2 fully saturated rings. The Hall–Kier alpha value is -1.32. The molecule has 1 aromatic heterocycles. The van der Waals surface area contributed by atoms with Crippen molar-refractivity contribution < 1.29 is 18.8 Å². The maximum atomic E-state index is 12.3. The number of piperidine rings is 1. The molecule has 160 valence electrons. The molecule has 2 aliphatic rings. The molecule has 0 bridgehead atoms. The van der Waals surface area contributed by atoms with Crippen LogP contribution in [0.1, 0.15) is 61.3 Å². The summed E-state index contributed by atoms with van der Waals surface area (Å²) in [6.07, 6.45) is 5.26. The molecule has 2 aliphatic heterocycles. The topological polar surface area (TPSA) is 73.8 Å². The minimum absolute atomic E-state index is 0.249. The molecule has 0 aliphatic carbocycles. The van der Waals surface area contributed by atoms with Crippen LogP contribution in [0.5, 0.6) is 0 Å². The minimum atomic E-state index is -0.483. The molecular weight excluding hydrogens is 389 g/mol. The van der Waals surface area contributed by atoms with Gasteiger partial charge in [-0.25, -0.2) is 14.8 Å². The van der Waals surface area contributed by atoms with Crippen molar-refractivity contribution in [3.63, 3.8) is 0 Å². The van der Waals surface area contributed by atoms with Gasteiger partial charge in [-0.05, 0) is 61.3 Å². The Kier molecular flexibility index (Phi) is 6.23. The van der Waals surface area contributed by atoms with Crippen LogP contribution in [0.4, 0.5) is 4.79 Å². The van der Waals surface area contributed by atoms with E-state index in [9.17, 15) is 4.79 Å². The van der Waals surface area contributed by atoms with Crippen molar-refractivity contribution in [2.24, 2.45) is 0 Å². The summed E-state index contributed by atoms with van der Waals surface area (Å²) < 4.78 is 17.6. The highest BCUT2D eigenvalue weighted by atomic mass is 32.2. The number of aromatic nitrogens is 2. The first-order chi connectivity index (χ1) is 13.4. The highest BCUT2D eigenvalue weighted by Crippen LogP contribution is 2.36. The van der Waals surface area contributed by atoms with E-state index in [1.165, 1.54) is 0 Å². The quantitative estimate of drug-likeness (QED) is 0.548. The number of carbonyl (C=O) groups excluding carboxylic acids is 1. The molecule has 9 heteroatoms. The van der Waals surface area contributed by atoms with E-state index < -0.39 is 23.9 Å². The molecule has 0 radical (unpaired) electrons. The standard InChI is InChI=1S/C20H32BN3O4S/c1-18(2,3)26-17(25)24-10-8-9-15(13-24)29-16-22-11-14(12-23-16)21-27-19(4,5)20(6,7)28-21/h11-12,15H,8-10,13H2,1-7H3/t15-/m1/s1. The smallest absolute Gasteiger partial charge is 0.444 e. The number of nitrogens with zero attached hydrogens (tertiary/aromatic N) is 3. The molecule has 7 nitrogen and oxygen atoms in total. The van der Waals surface area contributed by atoms with Gasteiger partial charge in [0.05, 0.1) is 11.2 Å². The van der Waals surface area contributed by atoms with Crippen molar-refractivity contribution in [3.8, 4) is 0 Å². The van der Waals surface area contributed by atoms with Crippen LogP contribution in [0.2, 0.25) is 0 Å². The fourth-order valence-electron chi connectivity index (χ4n) is 3.16. The Bertz CT molecular complexity index is 720. The third-order valence-electron chi connectivity index (χ3n) is 5.48. The van der Waals surface area contributed by atoms with E-state index in [0.717, 1.165) is 24.8 Å². The summed E-state index contributed by atoms with van der Waals surface area (Å²) in [4.78, 5) is 23.1. The van der Waals surface area contributed by atoms with Crippen LogP contribution < -0.4 is 5.46 Å². The number of likely N-dealkylation sites (tertiary alicyclic amines) is 1. The molecule has 3 rings (SSSR count). The number of hydrogen-bond acceptors (Lipinski definition) is 7. The summed E-state index contributed by atoms with van der Waals surface area (Å²) in [6, 6.07) is 0. The van der Waals surface area contributed by atoms with E-state index in [0.29, 0.717) is 11.7 Å². The summed E-state index contributed by atoms with van der Waals surface area (Å²) in [5, 5.41) is 0.945. The predicted molar refractivity (Wildman–Crippen MR) is 114 cm³/mol. The molecule has 2 saturated heterocycles. The lowest BCUT2D eigenvalue weighted by atomic mass is 9.81. The SMILES string of the molecule is CC(C)(C)OC(=O)N1CCC[C@@H](Sc2ncc(B3OC(C)(C)C(C)(C)O3)cn2)C1. The summed E-state index contributed by atoms with van der Waals surface area (Å²) in [5.74, 6) is 0. The van der Waals surface area contributed by atoms with Crippen molar-refractivity contribution in [2.45, 2.75) is 88.5 Å². The van der Waals surface area contributed by atoms with Gasteiger partial charge in [-0.15, -0.1) is 0 Å². The van der Waals surface area contributed by atoms with E-state index in [-0.39, 0.29) is 11.3 Å². The predicted octanol–water partition coefficient (Wildman–Crippen LogP) is 3.27. The van der Waals surface area contributed by atoms with Gasteiger partial charge in [0.15, 0.2) is 5.16 Å². The second-order valence-electron chi connectivity index (χ2n) is 9.70. The van der Waals surface area contributed by atoms with Crippen LogP contribution in [0, 0.1) is 0 Å². The van der Waals surface area contributed by atoms with E-state index >= 15 is 0 Å². The van der Waals surface area contributed by atoms with Crippen LogP contribution in [0.15, 0.2) is 17.6 Å². The molecule has 3 heterocycles. The van der Waals surface area contributed by atoms with Crippen LogP contribution in [-0.4, -0.2) is 63.2 Å². The first-order valence-electron chi connectivity index (χ1n) is 10.2. The molecule has 1 atom stereocenters. The monoisotopic (exact) mass is 421 g/mol. The largest absolute Gasteiger partial charge is 0.498 e. The first-order valence-corrected chi connectivity index (χ1v) is 11.1. The second-order valence-corrected chi connectivity index (χ2v) is 11.0. The van der Waals surface area contributed by atoms with Crippen LogP contribution in [-0.2, 0) is 14.0 Å². The molecule has 1 aromatic rings. The van der Waals surface area contributed by atoms with Crippen molar-refractivity contribution in [1.82, 2.24) is 14.9 Å². The fourth-order valence-corrected chi connectivity index (χ4v) is 4.23. The maximum Gasteiger partial charge on any atom is 0.498 e. The zero-order chi connectivity index (χ0) is 21.4. The number of amides is 1. The van der Waals surface area contributed by atoms with Gasteiger partial charge in [0.25, 0.3) is 0 Å². The maximum absolute atomic E-state index is 12.3. The Morgan fingerprint density at radius 1 is 1.21 bits per heavy atom. The molecule has 1 amide bonds. The number of ether oxygens (including phenoxy) is 1. The van der Waals surface area contributed by atoms with Crippen molar-refractivity contribution in [1.29, 1.82) is 0 Å². The third kappa shape index (κ3) is 5.44. The normalized spacial score (nSPS) is 23.9. The van der Waals surface area contributed by atoms with Crippen LogP contribution >= 0.6 is 11.8 Å². The first kappa shape index (κ1) is 22.4. The average Bonchev–Trinajstić information content (AvgIpc) is 2.82. The third-order valence-corrected chi connectivity index (χ3v) is 6.62. The highest BCUT2D eigenvalue weighted by molar-refractivity contribution is 7.99. The molecule has 0 aromatic carbocycles. The molecular formula is C20H32BN3O4S. The van der Waals surface area contributed by atoms with Gasteiger partial charge < -0.3 is 18.9 Å². The Labute approximate surface area is 178 Å². The van der Waals surface area contributed by atoms with Gasteiger partial charge >= 0.3 is 13.2 Å². The number of rotatable bonds is 3. The van der Waals surface area contributed by atoms with Gasteiger partial charge in [-0.1, -0.05) is 11.8 Å². The lowest BCUT2D eigenvalue weighted by Crippen LogP contribution is -2.43. The van der Waals surface area contributed by atoms with Gasteiger partial charge in [0, 0.05) is 36.2 Å². The lowest BCUT2D eigenvalue weighted by Gasteiger charge is -2.33. The van der Waals surface area contributed by atoms with Crippen molar-refractivity contribution >= 4 is 30.4 Å². The van der Waals surface area contributed by atoms with Crippen molar-refractivity contribution in [3.05, 3.63) is 12.4 Å². The Morgan fingerprint density at radius 3 is 2.34 bits per heavy atom. The number of hydrogen-bond donors (Lipinski definition) is 0. The molecule has 0 saturated carbocycles. The zero-order valence-electron chi connectivity index (χ0n) is 18.5. The van der Waals surface area contributed by atoms with E-state index in [1.54, 1.807) is 29.1 Å². The molecule has 29 heavy (non-hydrogen) atoms. The summed E-state index contributed by atoms with van der Waals surface area (Å²) in [6.45, 7) is 15.1. The lowest BCUT2D eigenvalue weighted by molar-refractivity contribution is 0.00578. The van der Waals surface area contributed by atoms with E-state index in [1.807, 2.05) is 48.5 Å². The minimum Gasteiger partial charge on any atom is -0.444 e. The summed E-state index contributed by atoms with van der Waals surface area (Å²) >= 11 is 1.60. The second kappa shape index (κ2) is 8.08. The fraction of sp³-hybridized carbons (Fsp3) is 0.750. The molecule has 0 spiro atoms. The number of carbonyl (C=O) groups is 1. The Balaban J connectivity index is 1.58. The summed E-state index contributed by atoms with van der Waals surface area (Å²) in [7, 11) is -0.462. The molecule has 0 unspecified atom stereocenters. The Morgan fingerprint density at radius 2 is 1.79 bits per heavy atom.